The number of aryl methyl sites for hydroxylation is 1. The van der Waals surface area contributed by atoms with Gasteiger partial charge in [0.2, 0.25) is 0 Å². The van der Waals surface area contributed by atoms with Crippen molar-refractivity contribution in [3.8, 4) is 0 Å². The monoisotopic (exact) mass is 319 g/mol. The van der Waals surface area contributed by atoms with Crippen molar-refractivity contribution in [2.24, 2.45) is 0 Å². The van der Waals surface area contributed by atoms with E-state index in [1.807, 2.05) is 0 Å². The summed E-state index contributed by atoms with van der Waals surface area (Å²) in [5, 5.41) is 3.53. The Balaban J connectivity index is 2.54. The van der Waals surface area contributed by atoms with Gasteiger partial charge in [-0.3, -0.25) is 0 Å². The first-order valence-electron chi connectivity index (χ1n) is 9.39. The van der Waals surface area contributed by atoms with Crippen molar-refractivity contribution >= 4 is 0 Å². The van der Waals surface area contributed by atoms with Gasteiger partial charge in [0.05, 0.1) is 26.7 Å². The van der Waals surface area contributed by atoms with Crippen molar-refractivity contribution in [1.82, 2.24) is 5.32 Å². The molecule has 23 heavy (non-hydrogen) atoms. The molecular weight excluding hydrogens is 280 g/mol. The summed E-state index contributed by atoms with van der Waals surface area (Å²) in [5.41, 5.74) is 2.89. The summed E-state index contributed by atoms with van der Waals surface area (Å²) in [6, 6.07) is 9.29. The average Bonchev–Trinajstić information content (AvgIpc) is 2.49. The van der Waals surface area contributed by atoms with Gasteiger partial charge in [-0.1, -0.05) is 63.3 Å². The molecule has 0 spiro atoms. The lowest BCUT2D eigenvalue weighted by Crippen LogP contribution is -2.52. The number of nitrogens with one attached hydrogen (secondary N) is 1. The highest BCUT2D eigenvalue weighted by Crippen LogP contribution is 2.23. The zero-order valence-corrected chi connectivity index (χ0v) is 16.4. The van der Waals surface area contributed by atoms with Gasteiger partial charge in [-0.2, -0.15) is 0 Å². The first kappa shape index (κ1) is 20.2. The van der Waals surface area contributed by atoms with E-state index in [1.165, 1.54) is 56.1 Å². The van der Waals surface area contributed by atoms with Gasteiger partial charge in [0.15, 0.2) is 0 Å². The lowest BCUT2D eigenvalue weighted by molar-refractivity contribution is -0.875. The lowest BCUT2D eigenvalue weighted by atomic mass is 9.90. The van der Waals surface area contributed by atoms with E-state index in [1.54, 1.807) is 0 Å². The molecule has 1 unspecified atom stereocenters. The number of likely N-dealkylation sites (N-methyl/N-ethyl adjacent to an activating group) is 2. The van der Waals surface area contributed by atoms with Crippen LogP contribution in [0.3, 0.4) is 0 Å². The molecule has 0 aliphatic heterocycles. The first-order valence-corrected chi connectivity index (χ1v) is 9.39. The maximum absolute atomic E-state index is 3.53. The third-order valence-corrected chi connectivity index (χ3v) is 4.75. The zero-order valence-electron chi connectivity index (χ0n) is 16.4. The fraction of sp³-hybridized carbons (Fsp3) is 0.714. The normalized spacial score (nSPS) is 14.7. The molecule has 0 aliphatic rings. The Kier molecular flexibility index (Phi) is 8.28. The SMILES string of the molecule is CCCCCCCCc1ccc(C(C)(C[N+](C)(C)C)NC)cc1. The van der Waals surface area contributed by atoms with Gasteiger partial charge in [0.1, 0.15) is 6.54 Å². The quantitative estimate of drug-likeness (QED) is 0.459. The smallest absolute Gasteiger partial charge is 0.100 e. The second-order valence-corrected chi connectivity index (χ2v) is 8.25. The Morgan fingerprint density at radius 3 is 2.00 bits per heavy atom. The van der Waals surface area contributed by atoms with E-state index in [0.29, 0.717) is 0 Å². The summed E-state index contributed by atoms with van der Waals surface area (Å²) in [5.74, 6) is 0. The van der Waals surface area contributed by atoms with E-state index in [9.17, 15) is 0 Å². The van der Waals surface area contributed by atoms with E-state index in [0.717, 1.165) is 11.0 Å². The van der Waals surface area contributed by atoms with E-state index >= 15 is 0 Å². The molecule has 0 heterocycles. The predicted molar refractivity (Wildman–Crippen MR) is 103 cm³/mol. The largest absolute Gasteiger partial charge is 0.329 e. The highest BCUT2D eigenvalue weighted by Gasteiger charge is 2.31. The van der Waals surface area contributed by atoms with Crippen molar-refractivity contribution < 1.29 is 4.48 Å². The van der Waals surface area contributed by atoms with Gasteiger partial charge < -0.3 is 9.80 Å². The van der Waals surface area contributed by atoms with Crippen LogP contribution in [0.2, 0.25) is 0 Å². The number of hydrogen-bond donors (Lipinski definition) is 1. The molecular formula is C21H39N2+. The third kappa shape index (κ3) is 7.50. The molecule has 2 nitrogen and oxygen atoms in total. The van der Waals surface area contributed by atoms with E-state index in [2.05, 4.69) is 71.6 Å². The lowest BCUT2D eigenvalue weighted by Gasteiger charge is -2.37. The molecule has 0 aliphatic carbocycles. The minimum Gasteiger partial charge on any atom is -0.329 e. The molecule has 0 radical (unpaired) electrons. The minimum absolute atomic E-state index is 0.0247. The van der Waals surface area contributed by atoms with Crippen LogP contribution in [-0.2, 0) is 12.0 Å². The molecule has 1 aromatic rings. The summed E-state index contributed by atoms with van der Waals surface area (Å²) in [6.07, 6.45) is 9.44. The summed E-state index contributed by atoms with van der Waals surface area (Å²) >= 11 is 0. The van der Waals surface area contributed by atoms with Crippen molar-refractivity contribution in [2.45, 2.75) is 64.3 Å². The summed E-state index contributed by atoms with van der Waals surface area (Å²) in [7, 11) is 8.83. The highest BCUT2D eigenvalue weighted by molar-refractivity contribution is 5.28. The molecule has 1 N–H and O–H groups in total. The molecule has 0 aromatic heterocycles. The number of quaternary nitrogens is 1. The van der Waals surface area contributed by atoms with Gasteiger partial charge in [-0.25, -0.2) is 0 Å². The molecule has 1 rings (SSSR count). The average molecular weight is 320 g/mol. The maximum Gasteiger partial charge on any atom is 0.100 e. The standard InChI is InChI=1S/C21H39N2/c1-7-8-9-10-11-12-13-19-14-16-20(17-15-19)21(2,22-3)18-23(4,5)6/h14-17,22H,7-13,18H2,1-6H3/q+1. The van der Waals surface area contributed by atoms with E-state index in [4.69, 9.17) is 0 Å². The van der Waals surface area contributed by atoms with Crippen molar-refractivity contribution in [3.05, 3.63) is 35.4 Å². The Labute approximate surface area is 144 Å². The number of benzene rings is 1. The second kappa shape index (κ2) is 9.44. The van der Waals surface area contributed by atoms with Gasteiger partial charge in [0, 0.05) is 0 Å². The Bertz CT molecular complexity index is 430. The van der Waals surface area contributed by atoms with Crippen LogP contribution in [0.15, 0.2) is 24.3 Å². The van der Waals surface area contributed by atoms with Gasteiger partial charge >= 0.3 is 0 Å². The fourth-order valence-corrected chi connectivity index (χ4v) is 3.41. The maximum atomic E-state index is 3.53. The van der Waals surface area contributed by atoms with Crippen LogP contribution < -0.4 is 5.32 Å². The molecule has 0 saturated heterocycles. The first-order chi connectivity index (χ1) is 10.8. The van der Waals surface area contributed by atoms with Crippen LogP contribution in [0.4, 0.5) is 0 Å². The molecule has 1 atom stereocenters. The molecule has 0 fully saturated rings. The minimum atomic E-state index is 0.0247. The number of nitrogens with zero attached hydrogens (tertiary/aromatic N) is 1. The van der Waals surface area contributed by atoms with Crippen LogP contribution in [-0.4, -0.2) is 39.2 Å². The summed E-state index contributed by atoms with van der Waals surface area (Å²) in [4.78, 5) is 0. The Hall–Kier alpha value is -0.860. The molecule has 0 saturated carbocycles. The zero-order chi connectivity index (χ0) is 17.3. The molecule has 0 bridgehead atoms. The summed E-state index contributed by atoms with van der Waals surface area (Å²) < 4.78 is 0.955. The fourth-order valence-electron chi connectivity index (χ4n) is 3.41. The van der Waals surface area contributed by atoms with Crippen molar-refractivity contribution in [3.63, 3.8) is 0 Å². The van der Waals surface area contributed by atoms with Gasteiger partial charge in [-0.15, -0.1) is 0 Å². The predicted octanol–water partition coefficient (Wildman–Crippen LogP) is 4.73. The number of hydrogen-bond acceptors (Lipinski definition) is 1. The van der Waals surface area contributed by atoms with E-state index < -0.39 is 0 Å². The van der Waals surface area contributed by atoms with Gasteiger partial charge in [-0.05, 0) is 37.9 Å². The Morgan fingerprint density at radius 1 is 0.913 bits per heavy atom. The highest BCUT2D eigenvalue weighted by atomic mass is 15.3. The van der Waals surface area contributed by atoms with Crippen molar-refractivity contribution in [2.75, 3.05) is 34.7 Å². The van der Waals surface area contributed by atoms with Crippen LogP contribution in [0.5, 0.6) is 0 Å². The molecule has 132 valence electrons. The third-order valence-electron chi connectivity index (χ3n) is 4.75. The van der Waals surface area contributed by atoms with Gasteiger partial charge in [0.25, 0.3) is 0 Å². The van der Waals surface area contributed by atoms with Crippen LogP contribution >= 0.6 is 0 Å². The van der Waals surface area contributed by atoms with E-state index in [-0.39, 0.29) is 5.54 Å². The second-order valence-electron chi connectivity index (χ2n) is 8.25. The summed E-state index contributed by atoms with van der Waals surface area (Å²) in [6.45, 7) is 5.65. The van der Waals surface area contributed by atoms with Crippen LogP contribution in [0, 0.1) is 0 Å². The Morgan fingerprint density at radius 2 is 1.48 bits per heavy atom. The van der Waals surface area contributed by atoms with Crippen molar-refractivity contribution in [1.29, 1.82) is 0 Å². The topological polar surface area (TPSA) is 12.0 Å². The number of rotatable bonds is 11. The molecule has 0 amide bonds. The molecule has 2 heteroatoms. The van der Waals surface area contributed by atoms with Crippen LogP contribution in [0.25, 0.3) is 0 Å². The molecule has 1 aromatic carbocycles. The number of unbranched alkanes of at least 4 members (excludes halogenated alkanes) is 5. The van der Waals surface area contributed by atoms with Crippen LogP contribution in [0.1, 0.15) is 63.5 Å².